The first kappa shape index (κ1) is 19.3. The molecule has 0 aliphatic carbocycles. The second-order valence-corrected chi connectivity index (χ2v) is 5.67. The first-order valence-corrected chi connectivity index (χ1v) is 8.27. The minimum Gasteiger partial charge on any atom is -0.482 e. The number of hydrogen-bond acceptors (Lipinski definition) is 5. The van der Waals surface area contributed by atoms with E-state index in [-0.39, 0.29) is 11.6 Å². The highest BCUT2D eigenvalue weighted by atomic mass is 35.5. The molecule has 0 saturated carbocycles. The second kappa shape index (κ2) is 9.44. The van der Waals surface area contributed by atoms with Crippen LogP contribution in [0.4, 0.5) is 5.69 Å². The normalized spacial score (nSPS) is 9.88. The van der Waals surface area contributed by atoms with Crippen LogP contribution in [0.25, 0.3) is 0 Å². The van der Waals surface area contributed by atoms with Crippen molar-refractivity contribution in [2.45, 2.75) is 13.3 Å². The maximum Gasteiger partial charge on any atom is 0.344 e. The van der Waals surface area contributed by atoms with Crippen LogP contribution in [0.3, 0.4) is 0 Å². The lowest BCUT2D eigenvalue weighted by atomic mass is 10.1. The maximum absolute atomic E-state index is 11.8. The number of benzene rings is 2. The number of nitrogens with one attached hydrogen (secondary N) is 1. The van der Waals surface area contributed by atoms with Crippen LogP contribution in [0.5, 0.6) is 5.75 Å². The fourth-order valence-electron chi connectivity index (χ4n) is 2.14. The number of ether oxygens (including phenoxy) is 2. The SMILES string of the molecule is CCc1ccccc1OCC(=O)OCC(=O)Nc1ccc(C#N)c(Cl)c1. The Kier molecular flexibility index (Phi) is 7.01. The zero-order valence-corrected chi connectivity index (χ0v) is 14.9. The van der Waals surface area contributed by atoms with Gasteiger partial charge in [0.1, 0.15) is 11.8 Å². The highest BCUT2D eigenvalue weighted by Gasteiger charge is 2.11. The lowest BCUT2D eigenvalue weighted by Crippen LogP contribution is -2.23. The molecule has 0 atom stereocenters. The van der Waals surface area contributed by atoms with Crippen molar-refractivity contribution in [3.8, 4) is 11.8 Å². The second-order valence-electron chi connectivity index (χ2n) is 5.27. The van der Waals surface area contributed by atoms with Crippen LogP contribution >= 0.6 is 11.6 Å². The number of hydrogen-bond donors (Lipinski definition) is 1. The Morgan fingerprint density at radius 3 is 2.65 bits per heavy atom. The van der Waals surface area contributed by atoms with Gasteiger partial charge in [0, 0.05) is 5.69 Å². The number of carbonyl (C=O) groups is 2. The summed E-state index contributed by atoms with van der Waals surface area (Å²) in [6.07, 6.45) is 0.779. The van der Waals surface area contributed by atoms with Gasteiger partial charge in [-0.15, -0.1) is 0 Å². The van der Waals surface area contributed by atoms with E-state index >= 15 is 0 Å². The van der Waals surface area contributed by atoms with Gasteiger partial charge in [-0.05, 0) is 36.2 Å². The summed E-state index contributed by atoms with van der Waals surface area (Å²) in [5.74, 6) is -0.555. The lowest BCUT2D eigenvalue weighted by molar-refractivity contribution is -0.149. The summed E-state index contributed by atoms with van der Waals surface area (Å²) in [6, 6.07) is 13.8. The molecular weight excluding hydrogens is 356 g/mol. The summed E-state index contributed by atoms with van der Waals surface area (Å²) in [4.78, 5) is 23.5. The van der Waals surface area contributed by atoms with Crippen LogP contribution < -0.4 is 10.1 Å². The molecule has 0 unspecified atom stereocenters. The first-order valence-electron chi connectivity index (χ1n) is 7.89. The van der Waals surface area contributed by atoms with Crippen molar-refractivity contribution in [3.63, 3.8) is 0 Å². The van der Waals surface area contributed by atoms with E-state index in [9.17, 15) is 9.59 Å². The number of rotatable bonds is 7. The van der Waals surface area contributed by atoms with Gasteiger partial charge in [-0.3, -0.25) is 4.79 Å². The van der Waals surface area contributed by atoms with Gasteiger partial charge in [0.15, 0.2) is 13.2 Å². The van der Waals surface area contributed by atoms with Crippen molar-refractivity contribution in [3.05, 3.63) is 58.6 Å². The average Bonchev–Trinajstić information content (AvgIpc) is 2.65. The van der Waals surface area contributed by atoms with Crippen LogP contribution in [0.2, 0.25) is 5.02 Å². The Morgan fingerprint density at radius 2 is 1.96 bits per heavy atom. The van der Waals surface area contributed by atoms with Gasteiger partial charge < -0.3 is 14.8 Å². The number of esters is 1. The molecule has 26 heavy (non-hydrogen) atoms. The van der Waals surface area contributed by atoms with E-state index < -0.39 is 18.5 Å². The van der Waals surface area contributed by atoms with Gasteiger partial charge in [-0.2, -0.15) is 5.26 Å². The quantitative estimate of drug-likeness (QED) is 0.753. The average molecular weight is 373 g/mol. The van der Waals surface area contributed by atoms with E-state index in [0.717, 1.165) is 12.0 Å². The van der Waals surface area contributed by atoms with Crippen LogP contribution in [0.1, 0.15) is 18.1 Å². The zero-order chi connectivity index (χ0) is 18.9. The Balaban J connectivity index is 1.79. The molecule has 2 aromatic rings. The molecule has 0 aromatic heterocycles. The molecule has 1 N–H and O–H groups in total. The number of nitriles is 1. The maximum atomic E-state index is 11.8. The van der Waals surface area contributed by atoms with Gasteiger partial charge >= 0.3 is 5.97 Å². The third-order valence-corrected chi connectivity index (χ3v) is 3.75. The van der Waals surface area contributed by atoms with E-state index in [4.69, 9.17) is 26.3 Å². The van der Waals surface area contributed by atoms with Gasteiger partial charge in [-0.1, -0.05) is 36.7 Å². The minimum absolute atomic E-state index is 0.227. The van der Waals surface area contributed by atoms with Crippen LogP contribution in [-0.4, -0.2) is 25.1 Å². The summed E-state index contributed by atoms with van der Waals surface area (Å²) in [6.45, 7) is 1.25. The van der Waals surface area contributed by atoms with Crippen molar-refractivity contribution in [2.75, 3.05) is 18.5 Å². The number of aryl methyl sites for hydroxylation is 1. The molecule has 0 fully saturated rings. The van der Waals surface area contributed by atoms with Crippen LogP contribution in [0.15, 0.2) is 42.5 Å². The number of amides is 1. The van der Waals surface area contributed by atoms with E-state index in [1.54, 1.807) is 6.07 Å². The van der Waals surface area contributed by atoms with E-state index in [2.05, 4.69) is 5.32 Å². The molecular formula is C19H17ClN2O4. The highest BCUT2D eigenvalue weighted by Crippen LogP contribution is 2.20. The van der Waals surface area contributed by atoms with Gasteiger partial charge in [0.25, 0.3) is 5.91 Å². The van der Waals surface area contributed by atoms with E-state index in [1.165, 1.54) is 18.2 Å². The Hall–Kier alpha value is -3.04. The number of carbonyl (C=O) groups excluding carboxylic acids is 2. The molecule has 0 spiro atoms. The topological polar surface area (TPSA) is 88.4 Å². The van der Waals surface area contributed by atoms with E-state index in [1.807, 2.05) is 31.2 Å². The Bertz CT molecular complexity index is 846. The standard InChI is InChI=1S/C19H17ClN2O4/c1-2-13-5-3-4-6-17(13)25-12-19(24)26-11-18(23)22-15-8-7-14(10-21)16(20)9-15/h3-9H,2,11-12H2,1H3,(H,22,23). The fourth-order valence-corrected chi connectivity index (χ4v) is 2.36. The predicted molar refractivity (Wildman–Crippen MR) is 97.1 cm³/mol. The highest BCUT2D eigenvalue weighted by molar-refractivity contribution is 6.32. The van der Waals surface area contributed by atoms with Crippen molar-refractivity contribution in [2.24, 2.45) is 0 Å². The molecule has 0 radical (unpaired) electrons. The number of anilines is 1. The number of halogens is 1. The molecule has 6 nitrogen and oxygen atoms in total. The van der Waals surface area contributed by atoms with Crippen molar-refractivity contribution < 1.29 is 19.1 Å². The zero-order valence-electron chi connectivity index (χ0n) is 14.1. The van der Waals surface area contributed by atoms with Crippen LogP contribution in [0, 0.1) is 11.3 Å². The van der Waals surface area contributed by atoms with Crippen molar-refractivity contribution in [1.29, 1.82) is 5.26 Å². The first-order chi connectivity index (χ1) is 12.5. The smallest absolute Gasteiger partial charge is 0.344 e. The molecule has 134 valence electrons. The third kappa shape index (κ3) is 5.50. The molecule has 0 bridgehead atoms. The molecule has 2 aromatic carbocycles. The molecule has 0 aliphatic rings. The summed E-state index contributed by atoms with van der Waals surface area (Å²) >= 11 is 5.89. The monoisotopic (exact) mass is 372 g/mol. The van der Waals surface area contributed by atoms with Gasteiger partial charge in [0.2, 0.25) is 0 Å². The summed E-state index contributed by atoms with van der Waals surface area (Å²) < 4.78 is 10.3. The molecule has 2 rings (SSSR count). The molecule has 0 saturated heterocycles. The van der Waals surface area contributed by atoms with E-state index in [0.29, 0.717) is 17.0 Å². The summed E-state index contributed by atoms with van der Waals surface area (Å²) in [5.41, 5.74) is 1.69. The largest absolute Gasteiger partial charge is 0.482 e. The van der Waals surface area contributed by atoms with Crippen LogP contribution in [-0.2, 0) is 20.7 Å². The van der Waals surface area contributed by atoms with Crippen molar-refractivity contribution >= 4 is 29.2 Å². The Labute approximate surface area is 156 Å². The summed E-state index contributed by atoms with van der Waals surface area (Å²) in [5, 5.41) is 11.6. The molecule has 0 aliphatic heterocycles. The van der Waals surface area contributed by atoms with Gasteiger partial charge in [-0.25, -0.2) is 4.79 Å². The lowest BCUT2D eigenvalue weighted by Gasteiger charge is -2.10. The predicted octanol–water partition coefficient (Wildman–Crippen LogP) is 3.33. The third-order valence-electron chi connectivity index (χ3n) is 3.44. The Morgan fingerprint density at radius 1 is 1.19 bits per heavy atom. The summed E-state index contributed by atoms with van der Waals surface area (Å²) in [7, 11) is 0. The molecule has 1 amide bonds. The van der Waals surface area contributed by atoms with Crippen molar-refractivity contribution in [1.82, 2.24) is 0 Å². The number of nitrogens with zero attached hydrogens (tertiary/aromatic N) is 1. The molecule has 7 heteroatoms. The molecule has 0 heterocycles. The fraction of sp³-hybridized carbons (Fsp3) is 0.211. The minimum atomic E-state index is -0.649. The van der Waals surface area contributed by atoms with Gasteiger partial charge in [0.05, 0.1) is 10.6 Å². The number of para-hydroxylation sites is 1.